The van der Waals surface area contributed by atoms with Gasteiger partial charge < -0.3 is 5.32 Å². The first-order valence-corrected chi connectivity index (χ1v) is 8.47. The Morgan fingerprint density at radius 2 is 1.91 bits per heavy atom. The fourth-order valence-electron chi connectivity index (χ4n) is 2.34. The van der Waals surface area contributed by atoms with Gasteiger partial charge in [0, 0.05) is 25.2 Å². The lowest BCUT2D eigenvalue weighted by Crippen LogP contribution is -2.56. The van der Waals surface area contributed by atoms with E-state index in [2.05, 4.69) is 5.32 Å². The van der Waals surface area contributed by atoms with Crippen LogP contribution in [0.2, 0.25) is 5.02 Å². The minimum absolute atomic E-state index is 0. The van der Waals surface area contributed by atoms with Gasteiger partial charge in [0.25, 0.3) is 0 Å². The van der Waals surface area contributed by atoms with Gasteiger partial charge in [0.05, 0.1) is 15.5 Å². The van der Waals surface area contributed by atoms with Crippen molar-refractivity contribution < 1.29 is 21.6 Å². The highest BCUT2D eigenvalue weighted by atomic mass is 35.5. The number of sulfonamides is 1. The van der Waals surface area contributed by atoms with Crippen molar-refractivity contribution in [3.63, 3.8) is 0 Å². The van der Waals surface area contributed by atoms with Gasteiger partial charge in [0.2, 0.25) is 10.0 Å². The van der Waals surface area contributed by atoms with E-state index in [9.17, 15) is 21.6 Å². The van der Waals surface area contributed by atoms with E-state index < -0.39 is 31.7 Å². The van der Waals surface area contributed by atoms with Crippen LogP contribution in [-0.2, 0) is 16.2 Å². The van der Waals surface area contributed by atoms with Gasteiger partial charge in [-0.1, -0.05) is 11.6 Å². The van der Waals surface area contributed by atoms with E-state index in [0.29, 0.717) is 12.6 Å². The fraction of sp³-hybridized carbons (Fsp3) is 0.538. The topological polar surface area (TPSA) is 49.4 Å². The van der Waals surface area contributed by atoms with Crippen molar-refractivity contribution in [2.45, 2.75) is 37.0 Å². The molecule has 10 heteroatoms. The molecule has 1 saturated heterocycles. The molecule has 0 bridgehead atoms. The number of nitrogens with one attached hydrogen (secondary N) is 1. The van der Waals surface area contributed by atoms with Gasteiger partial charge >= 0.3 is 6.18 Å². The van der Waals surface area contributed by atoms with Crippen LogP contribution >= 0.6 is 24.0 Å². The van der Waals surface area contributed by atoms with Crippen molar-refractivity contribution in [1.29, 1.82) is 0 Å². The van der Waals surface area contributed by atoms with Crippen LogP contribution in [0, 0.1) is 0 Å². The van der Waals surface area contributed by atoms with Crippen LogP contribution in [0.5, 0.6) is 0 Å². The zero-order valence-corrected chi connectivity index (χ0v) is 14.8. The van der Waals surface area contributed by atoms with Crippen molar-refractivity contribution in [2.75, 3.05) is 13.1 Å². The normalized spacial score (nSPS) is 23.4. The van der Waals surface area contributed by atoms with Crippen molar-refractivity contribution >= 4 is 34.0 Å². The van der Waals surface area contributed by atoms with Crippen LogP contribution in [0.3, 0.4) is 0 Å². The van der Waals surface area contributed by atoms with Gasteiger partial charge in [-0.05, 0) is 32.0 Å². The van der Waals surface area contributed by atoms with Crippen LogP contribution in [0.15, 0.2) is 23.1 Å². The van der Waals surface area contributed by atoms with Gasteiger partial charge in [0.15, 0.2) is 0 Å². The second-order valence-electron chi connectivity index (χ2n) is 5.37. The molecule has 0 radical (unpaired) electrons. The van der Waals surface area contributed by atoms with Gasteiger partial charge in [-0.15, -0.1) is 12.4 Å². The van der Waals surface area contributed by atoms with Crippen LogP contribution in [0.25, 0.3) is 0 Å². The maximum absolute atomic E-state index is 12.9. The number of hydrogen-bond acceptors (Lipinski definition) is 3. The molecular weight excluding hydrogens is 376 g/mol. The summed E-state index contributed by atoms with van der Waals surface area (Å²) < 4.78 is 65.1. The first kappa shape index (κ1) is 20.5. The summed E-state index contributed by atoms with van der Waals surface area (Å²) in [6.45, 7) is 4.17. The minimum atomic E-state index is -4.70. The lowest BCUT2D eigenvalue weighted by Gasteiger charge is -2.36. The fourth-order valence-corrected chi connectivity index (χ4v) is 4.31. The van der Waals surface area contributed by atoms with Gasteiger partial charge in [-0.25, -0.2) is 8.42 Å². The third kappa shape index (κ3) is 4.30. The molecule has 1 N–H and O–H groups in total. The Bertz CT molecular complexity index is 668. The summed E-state index contributed by atoms with van der Waals surface area (Å²) in [5, 5.41) is 2.60. The smallest absolute Gasteiger partial charge is 0.311 e. The Hall–Kier alpha value is -0.540. The van der Waals surface area contributed by atoms with Crippen molar-refractivity contribution in [3.8, 4) is 0 Å². The average molecular weight is 393 g/mol. The Balaban J connectivity index is 0.00000264. The number of halogens is 5. The predicted octanol–water partition coefficient (Wildman–Crippen LogP) is 3.15. The third-order valence-corrected chi connectivity index (χ3v) is 5.86. The van der Waals surface area contributed by atoms with Crippen LogP contribution in [0.4, 0.5) is 13.2 Å². The van der Waals surface area contributed by atoms with E-state index in [1.807, 2.05) is 6.92 Å². The molecule has 1 aromatic carbocycles. The van der Waals surface area contributed by atoms with Crippen LogP contribution < -0.4 is 5.32 Å². The average Bonchev–Trinajstić information content (AvgIpc) is 2.40. The molecule has 132 valence electrons. The Labute approximate surface area is 144 Å². The molecule has 1 fully saturated rings. The molecule has 2 unspecified atom stereocenters. The zero-order chi connectivity index (χ0) is 16.7. The molecule has 4 nitrogen and oxygen atoms in total. The highest BCUT2D eigenvalue weighted by Crippen LogP contribution is 2.36. The van der Waals surface area contributed by atoms with Gasteiger partial charge in [-0.3, -0.25) is 0 Å². The first-order chi connectivity index (χ1) is 10.0. The third-order valence-electron chi connectivity index (χ3n) is 3.56. The number of hydrogen-bond donors (Lipinski definition) is 1. The second-order valence-corrected chi connectivity index (χ2v) is 7.67. The summed E-state index contributed by atoms with van der Waals surface area (Å²) in [6.07, 6.45) is -4.70. The number of piperazine rings is 1. The van der Waals surface area contributed by atoms with E-state index >= 15 is 0 Å². The molecule has 23 heavy (non-hydrogen) atoms. The lowest BCUT2D eigenvalue weighted by atomic mass is 10.2. The summed E-state index contributed by atoms with van der Waals surface area (Å²) in [5.74, 6) is 0. The molecule has 0 aromatic heterocycles. The Kier molecular flexibility index (Phi) is 6.37. The van der Waals surface area contributed by atoms with E-state index in [4.69, 9.17) is 11.6 Å². The number of benzene rings is 1. The summed E-state index contributed by atoms with van der Waals surface area (Å²) in [4.78, 5) is -0.398. The molecule has 0 spiro atoms. The molecular formula is C13H17Cl2F3N2O2S. The molecule has 0 saturated carbocycles. The molecule has 1 aliphatic rings. The summed E-state index contributed by atoms with van der Waals surface area (Å²) in [6, 6.07) is 2.25. The lowest BCUT2D eigenvalue weighted by molar-refractivity contribution is -0.137. The quantitative estimate of drug-likeness (QED) is 0.840. The summed E-state index contributed by atoms with van der Waals surface area (Å²) in [5.41, 5.74) is -1.15. The van der Waals surface area contributed by atoms with Crippen LogP contribution in [-0.4, -0.2) is 37.9 Å². The van der Waals surface area contributed by atoms with E-state index in [1.165, 1.54) is 4.31 Å². The molecule has 2 atom stereocenters. The molecule has 1 heterocycles. The van der Waals surface area contributed by atoms with E-state index in [-0.39, 0.29) is 31.0 Å². The maximum Gasteiger partial charge on any atom is 0.417 e. The van der Waals surface area contributed by atoms with Crippen molar-refractivity contribution in [3.05, 3.63) is 28.8 Å². The van der Waals surface area contributed by atoms with Gasteiger partial charge in [-0.2, -0.15) is 17.5 Å². The summed E-state index contributed by atoms with van der Waals surface area (Å²) in [7, 11) is -4.01. The molecule has 0 amide bonds. The molecule has 2 rings (SSSR count). The Morgan fingerprint density at radius 3 is 2.48 bits per heavy atom. The molecule has 1 aromatic rings. The second kappa shape index (κ2) is 7.14. The standard InChI is InChI=1S/C13H16ClF3N2O2S.ClH/c1-8-7-19(9(2)6-18-8)22(20,21)10-3-4-12(14)11(5-10)13(15,16)17;/h3-5,8-9,18H,6-7H2,1-2H3;1H. The van der Waals surface area contributed by atoms with Crippen molar-refractivity contribution in [2.24, 2.45) is 0 Å². The summed E-state index contributed by atoms with van der Waals surface area (Å²) >= 11 is 5.53. The highest BCUT2D eigenvalue weighted by molar-refractivity contribution is 7.89. The van der Waals surface area contributed by atoms with Crippen LogP contribution in [0.1, 0.15) is 19.4 Å². The predicted molar refractivity (Wildman–Crippen MR) is 84.5 cm³/mol. The maximum atomic E-state index is 12.9. The molecule has 0 aliphatic carbocycles. The number of alkyl halides is 3. The largest absolute Gasteiger partial charge is 0.417 e. The first-order valence-electron chi connectivity index (χ1n) is 6.65. The molecule has 1 aliphatic heterocycles. The highest BCUT2D eigenvalue weighted by Gasteiger charge is 2.37. The van der Waals surface area contributed by atoms with Gasteiger partial charge in [0.1, 0.15) is 0 Å². The minimum Gasteiger partial charge on any atom is -0.311 e. The van der Waals surface area contributed by atoms with E-state index in [0.717, 1.165) is 12.1 Å². The SMILES string of the molecule is CC1CN(S(=O)(=O)c2ccc(Cl)c(C(F)(F)F)c2)C(C)CN1.Cl. The van der Waals surface area contributed by atoms with Crippen molar-refractivity contribution in [1.82, 2.24) is 9.62 Å². The monoisotopic (exact) mass is 392 g/mol. The Morgan fingerprint density at radius 1 is 1.30 bits per heavy atom. The number of rotatable bonds is 2. The zero-order valence-electron chi connectivity index (χ0n) is 12.4. The van der Waals surface area contributed by atoms with E-state index in [1.54, 1.807) is 6.92 Å². The number of nitrogens with zero attached hydrogens (tertiary/aromatic N) is 1.